The number of likely N-dealkylation sites (tertiary alicyclic amines) is 1. The van der Waals surface area contributed by atoms with Gasteiger partial charge < -0.3 is 19.5 Å². The average molecular weight is 347 g/mol. The lowest BCUT2D eigenvalue weighted by atomic mass is 9.89. The minimum atomic E-state index is -0.362. The Morgan fingerprint density at radius 2 is 2.16 bits per heavy atom. The maximum atomic E-state index is 12.6. The molecule has 2 saturated heterocycles. The third-order valence-electron chi connectivity index (χ3n) is 5.54. The van der Waals surface area contributed by atoms with Gasteiger partial charge in [0.25, 0.3) is 0 Å². The Labute approximate surface area is 149 Å². The fourth-order valence-electron chi connectivity index (χ4n) is 3.87. The summed E-state index contributed by atoms with van der Waals surface area (Å²) in [6.45, 7) is 6.45. The van der Waals surface area contributed by atoms with Crippen LogP contribution in [0, 0.1) is 19.8 Å². The largest absolute Gasteiger partial charge is 0.493 e. The molecule has 3 rings (SSSR count). The molecule has 0 bridgehead atoms. The van der Waals surface area contributed by atoms with Gasteiger partial charge in [-0.15, -0.1) is 0 Å². The molecule has 2 aliphatic rings. The number of aliphatic hydroxyl groups is 1. The van der Waals surface area contributed by atoms with E-state index in [-0.39, 0.29) is 24.0 Å². The fourth-order valence-corrected chi connectivity index (χ4v) is 3.87. The average Bonchev–Trinajstić information content (AvgIpc) is 3.08. The summed E-state index contributed by atoms with van der Waals surface area (Å²) in [5.41, 5.74) is 2.42. The van der Waals surface area contributed by atoms with Crippen LogP contribution in [0.15, 0.2) is 18.2 Å². The highest BCUT2D eigenvalue weighted by molar-refractivity contribution is 5.77. The minimum absolute atomic E-state index is 0.0425. The summed E-state index contributed by atoms with van der Waals surface area (Å²) in [7, 11) is 0. The molecule has 5 nitrogen and oxygen atoms in total. The van der Waals surface area contributed by atoms with Crippen molar-refractivity contribution in [3.05, 3.63) is 29.3 Å². The van der Waals surface area contributed by atoms with Crippen LogP contribution in [0.2, 0.25) is 0 Å². The van der Waals surface area contributed by atoms with Crippen LogP contribution in [-0.2, 0) is 9.53 Å². The predicted molar refractivity (Wildman–Crippen MR) is 95.7 cm³/mol. The highest BCUT2D eigenvalue weighted by Crippen LogP contribution is 2.30. The Hall–Kier alpha value is -1.59. The highest BCUT2D eigenvalue weighted by Gasteiger charge is 2.39. The standard InChI is InChI=1S/C20H29NO4/c1-14-5-6-16(12-15(14)2)25-11-8-20(23)21-9-3-4-18(21)17-13-24-10-7-19(17)22/h5-6,12,17-19,22H,3-4,7-11,13H2,1-2H3/t17-,18-,19-/m1/s1. The van der Waals surface area contributed by atoms with Crippen molar-refractivity contribution >= 4 is 5.91 Å². The van der Waals surface area contributed by atoms with Gasteiger partial charge in [0.05, 0.1) is 25.7 Å². The van der Waals surface area contributed by atoms with Crippen LogP contribution in [0.5, 0.6) is 5.75 Å². The van der Waals surface area contributed by atoms with Crippen LogP contribution in [0.3, 0.4) is 0 Å². The topological polar surface area (TPSA) is 59.0 Å². The van der Waals surface area contributed by atoms with Gasteiger partial charge in [0.1, 0.15) is 5.75 Å². The Kier molecular flexibility index (Phi) is 5.97. The van der Waals surface area contributed by atoms with Crippen LogP contribution in [0.25, 0.3) is 0 Å². The zero-order valence-electron chi connectivity index (χ0n) is 15.2. The van der Waals surface area contributed by atoms with Crippen molar-refractivity contribution in [2.75, 3.05) is 26.4 Å². The Balaban J connectivity index is 1.52. The molecule has 1 N–H and O–H groups in total. The van der Waals surface area contributed by atoms with Gasteiger partial charge in [-0.25, -0.2) is 0 Å². The van der Waals surface area contributed by atoms with Gasteiger partial charge in [-0.05, 0) is 56.4 Å². The summed E-state index contributed by atoms with van der Waals surface area (Å²) in [5, 5.41) is 10.3. The first kappa shape index (κ1) is 18.2. The van der Waals surface area contributed by atoms with Crippen LogP contribution in [0.4, 0.5) is 0 Å². The van der Waals surface area contributed by atoms with Crippen molar-refractivity contribution < 1.29 is 19.4 Å². The number of benzene rings is 1. The summed E-state index contributed by atoms with van der Waals surface area (Å²) in [6.07, 6.45) is 2.62. The molecule has 25 heavy (non-hydrogen) atoms. The number of nitrogens with zero attached hydrogens (tertiary/aromatic N) is 1. The SMILES string of the molecule is Cc1ccc(OCCC(=O)N2CCC[C@@H]2[C@H]2COCC[C@H]2O)cc1C. The summed E-state index contributed by atoms with van der Waals surface area (Å²) in [4.78, 5) is 14.6. The van der Waals surface area contributed by atoms with E-state index in [4.69, 9.17) is 9.47 Å². The molecule has 2 aliphatic heterocycles. The molecule has 0 aromatic heterocycles. The predicted octanol–water partition coefficient (Wildman–Crippen LogP) is 2.46. The smallest absolute Gasteiger partial charge is 0.226 e. The van der Waals surface area contributed by atoms with Gasteiger partial charge in [-0.2, -0.15) is 0 Å². The number of ether oxygens (including phenoxy) is 2. The number of rotatable bonds is 5. The molecule has 1 amide bonds. The number of aryl methyl sites for hydroxylation is 2. The second kappa shape index (κ2) is 8.19. The first-order valence-corrected chi connectivity index (χ1v) is 9.31. The highest BCUT2D eigenvalue weighted by atomic mass is 16.5. The van der Waals surface area contributed by atoms with E-state index in [0.717, 1.165) is 25.1 Å². The Morgan fingerprint density at radius 1 is 1.32 bits per heavy atom. The van der Waals surface area contributed by atoms with Crippen LogP contribution >= 0.6 is 0 Å². The minimum Gasteiger partial charge on any atom is -0.493 e. The van der Waals surface area contributed by atoms with Gasteiger partial charge in [-0.3, -0.25) is 4.79 Å². The van der Waals surface area contributed by atoms with Crippen LogP contribution in [0.1, 0.15) is 36.8 Å². The summed E-state index contributed by atoms with van der Waals surface area (Å²) in [6, 6.07) is 6.09. The molecule has 0 spiro atoms. The van der Waals surface area contributed by atoms with Crippen molar-refractivity contribution in [2.45, 2.75) is 51.7 Å². The maximum absolute atomic E-state index is 12.6. The second-order valence-corrected chi connectivity index (χ2v) is 7.24. The lowest BCUT2D eigenvalue weighted by Crippen LogP contribution is -2.48. The quantitative estimate of drug-likeness (QED) is 0.889. The number of aliphatic hydroxyl groups excluding tert-OH is 1. The zero-order chi connectivity index (χ0) is 17.8. The number of carbonyl (C=O) groups excluding carboxylic acids is 1. The summed E-state index contributed by atoms with van der Waals surface area (Å²) >= 11 is 0. The van der Waals surface area contributed by atoms with Gasteiger partial charge in [0, 0.05) is 25.1 Å². The molecule has 0 unspecified atom stereocenters. The monoisotopic (exact) mass is 347 g/mol. The molecule has 2 fully saturated rings. The molecule has 2 heterocycles. The first-order chi connectivity index (χ1) is 12.1. The second-order valence-electron chi connectivity index (χ2n) is 7.24. The lowest BCUT2D eigenvalue weighted by molar-refractivity contribution is -0.136. The molecule has 0 saturated carbocycles. The van der Waals surface area contributed by atoms with E-state index in [0.29, 0.717) is 32.7 Å². The molecule has 5 heteroatoms. The van der Waals surface area contributed by atoms with Gasteiger partial charge in [0.15, 0.2) is 0 Å². The number of hydrogen-bond donors (Lipinski definition) is 1. The Morgan fingerprint density at radius 3 is 2.92 bits per heavy atom. The van der Waals surface area contributed by atoms with Crippen LogP contribution < -0.4 is 4.74 Å². The van der Waals surface area contributed by atoms with E-state index in [1.54, 1.807) is 0 Å². The third-order valence-corrected chi connectivity index (χ3v) is 5.54. The molecule has 1 aromatic carbocycles. The van der Waals surface area contributed by atoms with Gasteiger partial charge in [0.2, 0.25) is 5.91 Å². The molecular formula is C20H29NO4. The first-order valence-electron chi connectivity index (χ1n) is 9.31. The number of carbonyl (C=O) groups is 1. The molecule has 0 radical (unpaired) electrons. The summed E-state index contributed by atoms with van der Waals surface area (Å²) in [5.74, 6) is 0.968. The molecule has 138 valence electrons. The summed E-state index contributed by atoms with van der Waals surface area (Å²) < 4.78 is 11.3. The maximum Gasteiger partial charge on any atom is 0.226 e. The number of hydrogen-bond acceptors (Lipinski definition) is 4. The van der Waals surface area contributed by atoms with Crippen LogP contribution in [-0.4, -0.2) is 54.4 Å². The third kappa shape index (κ3) is 4.33. The fraction of sp³-hybridized carbons (Fsp3) is 0.650. The van der Waals surface area contributed by atoms with E-state index in [9.17, 15) is 9.90 Å². The normalized spacial score (nSPS) is 26.7. The van der Waals surface area contributed by atoms with E-state index in [1.807, 2.05) is 23.1 Å². The lowest BCUT2D eigenvalue weighted by Gasteiger charge is -2.37. The van der Waals surface area contributed by atoms with Crippen molar-refractivity contribution in [3.8, 4) is 5.75 Å². The number of amides is 1. The molecule has 3 atom stereocenters. The van der Waals surface area contributed by atoms with E-state index < -0.39 is 0 Å². The van der Waals surface area contributed by atoms with Gasteiger partial charge >= 0.3 is 0 Å². The zero-order valence-corrected chi connectivity index (χ0v) is 15.2. The van der Waals surface area contributed by atoms with Gasteiger partial charge in [-0.1, -0.05) is 6.07 Å². The van der Waals surface area contributed by atoms with E-state index in [1.165, 1.54) is 11.1 Å². The van der Waals surface area contributed by atoms with Crippen molar-refractivity contribution in [3.63, 3.8) is 0 Å². The van der Waals surface area contributed by atoms with E-state index in [2.05, 4.69) is 13.8 Å². The molecular weight excluding hydrogens is 318 g/mol. The van der Waals surface area contributed by atoms with Crippen molar-refractivity contribution in [1.29, 1.82) is 0 Å². The van der Waals surface area contributed by atoms with Crippen molar-refractivity contribution in [2.24, 2.45) is 5.92 Å². The Bertz CT molecular complexity index is 603. The molecule has 0 aliphatic carbocycles. The molecule has 1 aromatic rings. The van der Waals surface area contributed by atoms with Crippen molar-refractivity contribution in [1.82, 2.24) is 4.90 Å². The van der Waals surface area contributed by atoms with E-state index >= 15 is 0 Å².